The van der Waals surface area contributed by atoms with E-state index in [1.54, 1.807) is 0 Å². The van der Waals surface area contributed by atoms with Crippen LogP contribution in [0.25, 0.3) is 0 Å². The van der Waals surface area contributed by atoms with Crippen molar-refractivity contribution in [3.05, 3.63) is 0 Å². The van der Waals surface area contributed by atoms with Crippen molar-refractivity contribution in [1.29, 1.82) is 0 Å². The zero-order valence-electron chi connectivity index (χ0n) is 9.11. The normalized spacial score (nSPS) is 35.6. The summed E-state index contributed by atoms with van der Waals surface area (Å²) in [5, 5.41) is 0.926. The summed E-state index contributed by atoms with van der Waals surface area (Å²) >= 11 is 2.04. The van der Waals surface area contributed by atoms with E-state index >= 15 is 0 Å². The Morgan fingerprint density at radius 3 is 2.43 bits per heavy atom. The molecule has 0 aromatic rings. The fourth-order valence-electron chi connectivity index (χ4n) is 2.63. The van der Waals surface area contributed by atoms with Crippen molar-refractivity contribution in [1.82, 2.24) is 4.90 Å². The van der Waals surface area contributed by atoms with Gasteiger partial charge in [0, 0.05) is 17.8 Å². The molecule has 1 saturated heterocycles. The van der Waals surface area contributed by atoms with Crippen LogP contribution in [-0.4, -0.2) is 42.1 Å². The lowest BCUT2D eigenvalue weighted by atomic mass is 9.80. The van der Waals surface area contributed by atoms with E-state index in [-0.39, 0.29) is 0 Å². The third-order valence-electron chi connectivity index (χ3n) is 3.66. The monoisotopic (exact) mass is 214 g/mol. The molecule has 0 aromatic carbocycles. The maximum atomic E-state index is 5.80. The van der Waals surface area contributed by atoms with Crippen molar-refractivity contribution >= 4 is 11.8 Å². The molecule has 0 atom stereocenters. The third kappa shape index (κ3) is 2.65. The summed E-state index contributed by atoms with van der Waals surface area (Å²) in [5.41, 5.74) is 5.80. The Morgan fingerprint density at radius 1 is 1.29 bits per heavy atom. The van der Waals surface area contributed by atoms with Crippen LogP contribution in [0.4, 0.5) is 0 Å². The summed E-state index contributed by atoms with van der Waals surface area (Å²) < 4.78 is 0. The lowest BCUT2D eigenvalue weighted by Gasteiger charge is -2.39. The molecule has 0 unspecified atom stereocenters. The molecule has 1 saturated carbocycles. The predicted octanol–water partition coefficient (Wildman–Crippen LogP) is 1.55. The third-order valence-corrected chi connectivity index (χ3v) is 4.79. The quantitative estimate of drug-likeness (QED) is 0.773. The van der Waals surface area contributed by atoms with Crippen molar-refractivity contribution < 1.29 is 0 Å². The minimum absolute atomic E-state index is 0.517. The summed E-state index contributed by atoms with van der Waals surface area (Å²) in [6.07, 6.45) is 7.55. The van der Waals surface area contributed by atoms with Crippen LogP contribution in [0.2, 0.25) is 0 Å². The molecule has 2 rings (SSSR count). The molecular weight excluding hydrogens is 192 g/mol. The summed E-state index contributed by atoms with van der Waals surface area (Å²) in [7, 11) is 0. The molecule has 2 nitrogen and oxygen atoms in total. The van der Waals surface area contributed by atoms with Crippen LogP contribution in [0.3, 0.4) is 0 Å². The van der Waals surface area contributed by atoms with E-state index in [2.05, 4.69) is 11.2 Å². The van der Waals surface area contributed by atoms with Crippen molar-refractivity contribution in [3.63, 3.8) is 0 Å². The molecule has 2 aliphatic rings. The summed E-state index contributed by atoms with van der Waals surface area (Å²) in [6.45, 7) is 3.95. The molecule has 1 aliphatic heterocycles. The fourth-order valence-corrected chi connectivity index (χ4v) is 3.31. The molecule has 0 bridgehead atoms. The van der Waals surface area contributed by atoms with Crippen LogP contribution in [-0.2, 0) is 0 Å². The van der Waals surface area contributed by atoms with Gasteiger partial charge in [0.15, 0.2) is 0 Å². The van der Waals surface area contributed by atoms with E-state index < -0.39 is 0 Å². The van der Waals surface area contributed by atoms with E-state index in [1.165, 1.54) is 45.3 Å². The average molecular weight is 214 g/mol. The zero-order valence-corrected chi connectivity index (χ0v) is 9.93. The number of hydrogen-bond donors (Lipinski definition) is 1. The first kappa shape index (κ1) is 10.8. The van der Waals surface area contributed by atoms with Crippen molar-refractivity contribution in [3.8, 4) is 0 Å². The first-order valence-electron chi connectivity index (χ1n) is 5.78. The minimum atomic E-state index is 0.517. The van der Waals surface area contributed by atoms with E-state index in [0.717, 1.165) is 11.2 Å². The van der Waals surface area contributed by atoms with Gasteiger partial charge in [0.25, 0.3) is 0 Å². The first-order chi connectivity index (χ1) is 6.78. The molecule has 1 aliphatic carbocycles. The summed E-state index contributed by atoms with van der Waals surface area (Å²) in [5.74, 6) is 0.913. The predicted molar refractivity (Wildman–Crippen MR) is 63.7 cm³/mol. The lowest BCUT2D eigenvalue weighted by molar-refractivity contribution is 0.143. The average Bonchev–Trinajstić information content (AvgIpc) is 2.17. The number of rotatable bonds is 3. The van der Waals surface area contributed by atoms with Gasteiger partial charge >= 0.3 is 0 Å². The molecular formula is C11H22N2S. The largest absolute Gasteiger partial charge is 0.328 e. The maximum Gasteiger partial charge on any atom is 0.00685 e. The van der Waals surface area contributed by atoms with Gasteiger partial charge in [-0.25, -0.2) is 0 Å². The number of hydrogen-bond acceptors (Lipinski definition) is 3. The van der Waals surface area contributed by atoms with Crippen LogP contribution in [0.15, 0.2) is 0 Å². The number of likely N-dealkylation sites (tertiary alicyclic amines) is 1. The maximum absolute atomic E-state index is 5.80. The molecule has 2 fully saturated rings. The molecule has 0 spiro atoms. The van der Waals surface area contributed by atoms with Crippen LogP contribution < -0.4 is 5.73 Å². The van der Waals surface area contributed by atoms with Gasteiger partial charge in [-0.3, -0.25) is 0 Å². The molecule has 2 N–H and O–H groups in total. The smallest absolute Gasteiger partial charge is 0.00685 e. The highest BCUT2D eigenvalue weighted by molar-refractivity contribution is 7.99. The van der Waals surface area contributed by atoms with E-state index in [9.17, 15) is 0 Å². The first-order valence-corrected chi connectivity index (χ1v) is 7.07. The molecule has 0 amide bonds. The zero-order chi connectivity index (χ0) is 9.97. The fraction of sp³-hybridized carbons (Fsp3) is 1.00. The second kappa shape index (κ2) is 4.86. The van der Waals surface area contributed by atoms with Gasteiger partial charge in [-0.15, -0.1) is 0 Å². The highest BCUT2D eigenvalue weighted by Gasteiger charge is 2.28. The molecule has 0 aromatic heterocycles. The Bertz CT molecular complexity index is 172. The molecule has 14 heavy (non-hydrogen) atoms. The van der Waals surface area contributed by atoms with Crippen LogP contribution >= 0.6 is 11.8 Å². The number of nitrogens with two attached hydrogens (primary N) is 1. The Balaban J connectivity index is 1.64. The summed E-state index contributed by atoms with van der Waals surface area (Å²) in [6, 6.07) is 0.517. The van der Waals surface area contributed by atoms with Crippen LogP contribution in [0, 0.1) is 5.92 Å². The Kier molecular flexibility index (Phi) is 3.74. The van der Waals surface area contributed by atoms with E-state index in [0.29, 0.717) is 6.04 Å². The Morgan fingerprint density at radius 2 is 1.93 bits per heavy atom. The van der Waals surface area contributed by atoms with E-state index in [4.69, 9.17) is 5.73 Å². The SMILES string of the molecule is CSC1CCN(CC2CC(N)C2)CC1. The number of nitrogens with zero attached hydrogens (tertiary/aromatic N) is 1. The number of thioether (sulfide) groups is 1. The van der Waals surface area contributed by atoms with Crippen molar-refractivity contribution in [2.75, 3.05) is 25.9 Å². The summed E-state index contributed by atoms with van der Waals surface area (Å²) in [4.78, 5) is 2.64. The van der Waals surface area contributed by atoms with Gasteiger partial charge in [-0.2, -0.15) is 11.8 Å². The standard InChI is InChI=1S/C11H22N2S/c1-14-11-2-4-13(5-3-11)8-9-6-10(12)7-9/h9-11H,2-8,12H2,1H3. The highest BCUT2D eigenvalue weighted by atomic mass is 32.2. The van der Waals surface area contributed by atoms with Gasteiger partial charge in [-0.05, 0) is 50.9 Å². The van der Waals surface area contributed by atoms with E-state index in [1.807, 2.05) is 11.8 Å². The van der Waals surface area contributed by atoms with Gasteiger partial charge < -0.3 is 10.6 Å². The lowest BCUT2D eigenvalue weighted by Crippen LogP contribution is -2.45. The van der Waals surface area contributed by atoms with Gasteiger partial charge in [0.2, 0.25) is 0 Å². The van der Waals surface area contributed by atoms with Gasteiger partial charge in [-0.1, -0.05) is 0 Å². The second-order valence-electron chi connectivity index (χ2n) is 4.83. The Labute approximate surface area is 91.6 Å². The van der Waals surface area contributed by atoms with Gasteiger partial charge in [0.05, 0.1) is 0 Å². The number of piperidine rings is 1. The highest BCUT2D eigenvalue weighted by Crippen LogP contribution is 2.28. The minimum Gasteiger partial charge on any atom is -0.328 e. The van der Waals surface area contributed by atoms with Crippen LogP contribution in [0.1, 0.15) is 25.7 Å². The van der Waals surface area contributed by atoms with Gasteiger partial charge in [0.1, 0.15) is 0 Å². The second-order valence-corrected chi connectivity index (χ2v) is 5.97. The van der Waals surface area contributed by atoms with Crippen molar-refractivity contribution in [2.45, 2.75) is 37.0 Å². The molecule has 82 valence electrons. The molecule has 1 heterocycles. The molecule has 3 heteroatoms. The topological polar surface area (TPSA) is 29.3 Å². The van der Waals surface area contributed by atoms with Crippen molar-refractivity contribution in [2.24, 2.45) is 11.7 Å². The molecule has 0 radical (unpaired) electrons. The Hall–Kier alpha value is 0.270. The van der Waals surface area contributed by atoms with Crippen LogP contribution in [0.5, 0.6) is 0 Å².